The van der Waals surface area contributed by atoms with Crippen LogP contribution >= 0.6 is 0 Å². The first-order chi connectivity index (χ1) is 9.97. The molecule has 0 saturated heterocycles. The largest absolute Gasteiger partial charge is 0.486 e. The van der Waals surface area contributed by atoms with Gasteiger partial charge in [-0.3, -0.25) is 4.79 Å². The molecule has 4 nitrogen and oxygen atoms in total. The van der Waals surface area contributed by atoms with Gasteiger partial charge in [-0.25, -0.2) is 0 Å². The highest BCUT2D eigenvalue weighted by Gasteiger charge is 2.22. The fraction of sp³-hybridized carbons (Fsp3) is 0.588. The standard InChI is InChI=1S/C17H24O4/c1-11(2)9-12(3)21-17(18)13(4)14-5-6-15-16(10-14)20-8-7-19-15/h5-6,10-13H,7-9H2,1-4H3. The molecule has 1 aliphatic rings. The lowest BCUT2D eigenvalue weighted by atomic mass is 10.0. The highest BCUT2D eigenvalue weighted by Crippen LogP contribution is 2.33. The smallest absolute Gasteiger partial charge is 0.313 e. The van der Waals surface area contributed by atoms with Crippen molar-refractivity contribution in [2.75, 3.05) is 13.2 Å². The van der Waals surface area contributed by atoms with Gasteiger partial charge in [-0.15, -0.1) is 0 Å². The summed E-state index contributed by atoms with van der Waals surface area (Å²) in [7, 11) is 0. The molecule has 0 amide bonds. The molecular weight excluding hydrogens is 268 g/mol. The van der Waals surface area contributed by atoms with E-state index in [9.17, 15) is 4.79 Å². The maximum Gasteiger partial charge on any atom is 0.313 e. The van der Waals surface area contributed by atoms with E-state index in [1.165, 1.54) is 0 Å². The van der Waals surface area contributed by atoms with Crippen molar-refractivity contribution in [2.24, 2.45) is 5.92 Å². The molecule has 2 rings (SSSR count). The van der Waals surface area contributed by atoms with E-state index in [-0.39, 0.29) is 18.0 Å². The van der Waals surface area contributed by atoms with Crippen molar-refractivity contribution in [1.82, 2.24) is 0 Å². The van der Waals surface area contributed by atoms with E-state index in [0.29, 0.717) is 24.9 Å². The number of hydrogen-bond donors (Lipinski definition) is 0. The van der Waals surface area contributed by atoms with Gasteiger partial charge in [0.05, 0.1) is 12.0 Å². The van der Waals surface area contributed by atoms with E-state index in [0.717, 1.165) is 17.7 Å². The van der Waals surface area contributed by atoms with Crippen molar-refractivity contribution in [3.63, 3.8) is 0 Å². The van der Waals surface area contributed by atoms with Crippen molar-refractivity contribution in [3.05, 3.63) is 23.8 Å². The Morgan fingerprint density at radius 3 is 2.48 bits per heavy atom. The second kappa shape index (κ2) is 6.83. The van der Waals surface area contributed by atoms with Crippen LogP contribution < -0.4 is 9.47 Å². The summed E-state index contributed by atoms with van der Waals surface area (Å²) >= 11 is 0. The first-order valence-corrected chi connectivity index (χ1v) is 7.57. The summed E-state index contributed by atoms with van der Waals surface area (Å²) in [5.41, 5.74) is 0.890. The van der Waals surface area contributed by atoms with E-state index < -0.39 is 0 Å². The zero-order valence-corrected chi connectivity index (χ0v) is 13.2. The monoisotopic (exact) mass is 292 g/mol. The molecule has 1 aliphatic heterocycles. The number of fused-ring (bicyclic) bond motifs is 1. The molecule has 0 aliphatic carbocycles. The maximum absolute atomic E-state index is 12.2. The predicted molar refractivity (Wildman–Crippen MR) is 80.9 cm³/mol. The second-order valence-electron chi connectivity index (χ2n) is 6.00. The number of carbonyl (C=O) groups is 1. The number of benzene rings is 1. The third-order valence-corrected chi connectivity index (χ3v) is 3.54. The Kier molecular flexibility index (Phi) is 5.10. The number of rotatable bonds is 5. The van der Waals surface area contributed by atoms with Crippen LogP contribution in [-0.4, -0.2) is 25.3 Å². The van der Waals surface area contributed by atoms with Gasteiger partial charge in [0.1, 0.15) is 13.2 Å². The van der Waals surface area contributed by atoms with Gasteiger partial charge in [0.2, 0.25) is 0 Å². The predicted octanol–water partition coefficient (Wildman–Crippen LogP) is 3.54. The van der Waals surface area contributed by atoms with Crippen molar-refractivity contribution >= 4 is 5.97 Å². The molecule has 1 aromatic carbocycles. The highest BCUT2D eigenvalue weighted by molar-refractivity contribution is 5.78. The molecular formula is C17H24O4. The lowest BCUT2D eigenvalue weighted by molar-refractivity contribution is -0.150. The Morgan fingerprint density at radius 1 is 1.14 bits per heavy atom. The fourth-order valence-corrected chi connectivity index (χ4v) is 2.48. The molecule has 2 unspecified atom stereocenters. The zero-order chi connectivity index (χ0) is 15.4. The lowest BCUT2D eigenvalue weighted by Crippen LogP contribution is -2.21. The highest BCUT2D eigenvalue weighted by atomic mass is 16.6. The summed E-state index contributed by atoms with van der Waals surface area (Å²) in [6.07, 6.45) is 0.816. The van der Waals surface area contributed by atoms with Crippen LogP contribution in [0.5, 0.6) is 11.5 Å². The molecule has 1 heterocycles. The molecule has 4 heteroatoms. The second-order valence-corrected chi connectivity index (χ2v) is 6.00. The molecule has 0 aromatic heterocycles. The van der Waals surface area contributed by atoms with Gasteiger partial charge in [0.25, 0.3) is 0 Å². The molecule has 0 spiro atoms. The zero-order valence-electron chi connectivity index (χ0n) is 13.2. The molecule has 0 radical (unpaired) electrons. The number of carbonyl (C=O) groups excluding carboxylic acids is 1. The first kappa shape index (κ1) is 15.7. The lowest BCUT2D eigenvalue weighted by Gasteiger charge is -2.21. The number of hydrogen-bond acceptors (Lipinski definition) is 4. The van der Waals surface area contributed by atoms with Gasteiger partial charge in [-0.2, -0.15) is 0 Å². The van der Waals surface area contributed by atoms with Crippen LogP contribution in [0.3, 0.4) is 0 Å². The minimum atomic E-state index is -0.310. The van der Waals surface area contributed by atoms with Gasteiger partial charge in [-0.1, -0.05) is 19.9 Å². The SMILES string of the molecule is CC(C)CC(C)OC(=O)C(C)c1ccc2c(c1)OCCO2. The average Bonchev–Trinajstić information content (AvgIpc) is 2.45. The van der Waals surface area contributed by atoms with Crippen LogP contribution in [0.15, 0.2) is 18.2 Å². The summed E-state index contributed by atoms with van der Waals surface area (Å²) in [4.78, 5) is 12.2. The van der Waals surface area contributed by atoms with Gasteiger partial charge in [0.15, 0.2) is 11.5 Å². The Labute approximate surface area is 126 Å². The molecule has 2 atom stereocenters. The Hall–Kier alpha value is -1.71. The van der Waals surface area contributed by atoms with E-state index in [2.05, 4.69) is 13.8 Å². The first-order valence-electron chi connectivity index (χ1n) is 7.57. The number of ether oxygens (including phenoxy) is 3. The Balaban J connectivity index is 2.02. The quantitative estimate of drug-likeness (QED) is 0.779. The van der Waals surface area contributed by atoms with Gasteiger partial charge in [-0.05, 0) is 43.9 Å². The van der Waals surface area contributed by atoms with Crippen LogP contribution in [-0.2, 0) is 9.53 Å². The van der Waals surface area contributed by atoms with E-state index in [1.807, 2.05) is 32.0 Å². The summed E-state index contributed by atoms with van der Waals surface area (Å²) in [6, 6.07) is 5.62. The van der Waals surface area contributed by atoms with Gasteiger partial charge < -0.3 is 14.2 Å². The Morgan fingerprint density at radius 2 is 1.81 bits per heavy atom. The Bertz CT molecular complexity index is 496. The van der Waals surface area contributed by atoms with Crippen LogP contribution in [0.25, 0.3) is 0 Å². The van der Waals surface area contributed by atoms with E-state index >= 15 is 0 Å². The molecule has 0 saturated carbocycles. The van der Waals surface area contributed by atoms with Crippen molar-refractivity contribution in [2.45, 2.75) is 46.1 Å². The summed E-state index contributed by atoms with van der Waals surface area (Å²) in [5, 5.41) is 0. The third-order valence-electron chi connectivity index (χ3n) is 3.54. The van der Waals surface area contributed by atoms with Gasteiger partial charge in [0, 0.05) is 0 Å². The van der Waals surface area contributed by atoms with Crippen LogP contribution in [0, 0.1) is 5.92 Å². The normalized spacial score (nSPS) is 16.4. The van der Waals surface area contributed by atoms with E-state index in [4.69, 9.17) is 14.2 Å². The van der Waals surface area contributed by atoms with Crippen LogP contribution in [0.1, 0.15) is 45.6 Å². The molecule has 0 N–H and O–H groups in total. The summed E-state index contributed by atoms with van der Waals surface area (Å²) < 4.78 is 16.5. The van der Waals surface area contributed by atoms with Crippen molar-refractivity contribution in [1.29, 1.82) is 0 Å². The number of esters is 1. The molecule has 21 heavy (non-hydrogen) atoms. The molecule has 0 bridgehead atoms. The minimum absolute atomic E-state index is 0.0582. The van der Waals surface area contributed by atoms with Crippen LogP contribution in [0.4, 0.5) is 0 Å². The van der Waals surface area contributed by atoms with E-state index in [1.54, 1.807) is 0 Å². The van der Waals surface area contributed by atoms with Crippen LogP contribution in [0.2, 0.25) is 0 Å². The third kappa shape index (κ3) is 4.13. The summed E-state index contributed by atoms with van der Waals surface area (Å²) in [5.74, 6) is 1.44. The minimum Gasteiger partial charge on any atom is -0.486 e. The molecule has 0 fully saturated rings. The topological polar surface area (TPSA) is 44.8 Å². The molecule has 1 aromatic rings. The summed E-state index contributed by atoms with van der Waals surface area (Å²) in [6.45, 7) is 9.14. The average molecular weight is 292 g/mol. The molecule has 116 valence electrons. The van der Waals surface area contributed by atoms with Crippen molar-refractivity contribution < 1.29 is 19.0 Å². The van der Waals surface area contributed by atoms with Crippen molar-refractivity contribution in [3.8, 4) is 11.5 Å². The van der Waals surface area contributed by atoms with Gasteiger partial charge >= 0.3 is 5.97 Å². The fourth-order valence-electron chi connectivity index (χ4n) is 2.48. The maximum atomic E-state index is 12.2.